The smallest absolute Gasteiger partial charge is 0.306 e. The van der Waals surface area contributed by atoms with E-state index >= 15 is 0 Å². The molecule has 82 valence electrons. The molecule has 2 rings (SSSR count). The lowest BCUT2D eigenvalue weighted by atomic mass is 9.82. The first-order chi connectivity index (χ1) is 7.16. The van der Waals surface area contributed by atoms with Gasteiger partial charge in [0.2, 0.25) is 0 Å². The molecule has 0 radical (unpaired) electrons. The van der Waals surface area contributed by atoms with E-state index in [2.05, 4.69) is 10.2 Å². The van der Waals surface area contributed by atoms with E-state index < -0.39 is 5.97 Å². The minimum absolute atomic E-state index is 0.143. The van der Waals surface area contributed by atoms with Gasteiger partial charge >= 0.3 is 5.97 Å². The van der Waals surface area contributed by atoms with Crippen molar-refractivity contribution < 1.29 is 9.90 Å². The lowest BCUT2D eigenvalue weighted by Gasteiger charge is -2.23. The van der Waals surface area contributed by atoms with Crippen molar-refractivity contribution in [2.45, 2.75) is 38.5 Å². The molecule has 1 heterocycles. The number of nitrogens with zero attached hydrogens (tertiary/aromatic N) is 2. The minimum atomic E-state index is -0.651. The largest absolute Gasteiger partial charge is 0.481 e. The summed E-state index contributed by atoms with van der Waals surface area (Å²) in [5.41, 5.74) is 0. The molecule has 0 spiro atoms. The zero-order chi connectivity index (χ0) is 10.8. The number of aromatic nitrogens is 2. The molecule has 0 aliphatic heterocycles. The molecule has 1 aromatic rings. The fourth-order valence-electron chi connectivity index (χ4n) is 2.06. The molecule has 5 heteroatoms. The summed E-state index contributed by atoms with van der Waals surface area (Å²) in [6.45, 7) is 1.95. The first-order valence-electron chi connectivity index (χ1n) is 5.19. The lowest BCUT2D eigenvalue weighted by Crippen LogP contribution is -2.20. The van der Waals surface area contributed by atoms with Crippen LogP contribution in [0, 0.1) is 12.8 Å². The van der Waals surface area contributed by atoms with Gasteiger partial charge in [-0.2, -0.15) is 0 Å². The maximum atomic E-state index is 10.8. The number of hydrogen-bond acceptors (Lipinski definition) is 4. The molecule has 1 fully saturated rings. The number of carboxylic acid groups (broad SMARTS) is 1. The molecule has 0 unspecified atom stereocenters. The summed E-state index contributed by atoms with van der Waals surface area (Å²) < 4.78 is 0. The Morgan fingerprint density at radius 3 is 2.47 bits per heavy atom. The monoisotopic (exact) mass is 226 g/mol. The lowest BCUT2D eigenvalue weighted by molar-refractivity contribution is -0.142. The summed E-state index contributed by atoms with van der Waals surface area (Å²) in [6, 6.07) is 0. The number of carbonyl (C=O) groups is 1. The van der Waals surface area contributed by atoms with Crippen LogP contribution in [0.2, 0.25) is 0 Å². The maximum absolute atomic E-state index is 10.8. The van der Waals surface area contributed by atoms with Crippen molar-refractivity contribution in [2.75, 3.05) is 0 Å². The Kier molecular flexibility index (Phi) is 3.00. The predicted octanol–water partition coefficient (Wildman–Crippen LogP) is 2.20. The van der Waals surface area contributed by atoms with Crippen LogP contribution in [-0.4, -0.2) is 21.3 Å². The first kappa shape index (κ1) is 10.5. The van der Waals surface area contributed by atoms with E-state index in [9.17, 15) is 4.79 Å². The van der Waals surface area contributed by atoms with Gasteiger partial charge < -0.3 is 5.11 Å². The summed E-state index contributed by atoms with van der Waals surface area (Å²) in [7, 11) is 0. The summed E-state index contributed by atoms with van der Waals surface area (Å²) >= 11 is 1.63. The van der Waals surface area contributed by atoms with Crippen molar-refractivity contribution in [2.24, 2.45) is 5.92 Å². The Morgan fingerprint density at radius 2 is 2.00 bits per heavy atom. The van der Waals surface area contributed by atoms with Gasteiger partial charge in [0, 0.05) is 5.92 Å². The van der Waals surface area contributed by atoms with Gasteiger partial charge in [0.15, 0.2) is 0 Å². The topological polar surface area (TPSA) is 63.1 Å². The fraction of sp³-hybridized carbons (Fsp3) is 0.700. The van der Waals surface area contributed by atoms with Crippen LogP contribution >= 0.6 is 11.3 Å². The van der Waals surface area contributed by atoms with E-state index in [1.807, 2.05) is 6.92 Å². The van der Waals surface area contributed by atoms with Gasteiger partial charge in [0.1, 0.15) is 10.0 Å². The number of carboxylic acids is 1. The highest BCUT2D eigenvalue weighted by atomic mass is 32.1. The molecule has 1 aliphatic carbocycles. The molecular weight excluding hydrogens is 212 g/mol. The fourth-order valence-corrected chi connectivity index (χ4v) is 2.93. The molecule has 15 heavy (non-hydrogen) atoms. The van der Waals surface area contributed by atoms with E-state index in [1.54, 1.807) is 11.3 Å². The number of rotatable bonds is 2. The van der Waals surface area contributed by atoms with Crippen LogP contribution in [0.25, 0.3) is 0 Å². The second-order valence-electron chi connectivity index (χ2n) is 4.05. The molecule has 0 saturated heterocycles. The van der Waals surface area contributed by atoms with Crippen molar-refractivity contribution in [3.8, 4) is 0 Å². The van der Waals surface area contributed by atoms with Crippen molar-refractivity contribution >= 4 is 17.3 Å². The van der Waals surface area contributed by atoms with Crippen molar-refractivity contribution in [1.29, 1.82) is 0 Å². The normalized spacial score (nSPS) is 26.5. The van der Waals surface area contributed by atoms with E-state index in [0.717, 1.165) is 35.7 Å². The van der Waals surface area contributed by atoms with Crippen molar-refractivity contribution in [3.63, 3.8) is 0 Å². The third-order valence-corrected chi connectivity index (χ3v) is 3.97. The van der Waals surface area contributed by atoms with Gasteiger partial charge in [-0.05, 0) is 32.6 Å². The molecule has 0 amide bonds. The van der Waals surface area contributed by atoms with E-state index in [1.165, 1.54) is 0 Å². The van der Waals surface area contributed by atoms with Gasteiger partial charge in [-0.1, -0.05) is 0 Å². The zero-order valence-corrected chi connectivity index (χ0v) is 9.46. The molecule has 1 saturated carbocycles. The van der Waals surface area contributed by atoms with E-state index in [4.69, 9.17) is 5.11 Å². The Balaban J connectivity index is 1.96. The summed E-state index contributed by atoms with van der Waals surface area (Å²) in [6.07, 6.45) is 3.43. The molecule has 0 bridgehead atoms. The average molecular weight is 226 g/mol. The van der Waals surface area contributed by atoms with Crippen molar-refractivity contribution in [1.82, 2.24) is 10.2 Å². The van der Waals surface area contributed by atoms with Crippen LogP contribution in [0.5, 0.6) is 0 Å². The second-order valence-corrected chi connectivity index (χ2v) is 5.26. The Labute approximate surface area is 92.3 Å². The van der Waals surface area contributed by atoms with Crippen LogP contribution in [0.15, 0.2) is 0 Å². The predicted molar refractivity (Wildman–Crippen MR) is 57.0 cm³/mol. The number of aliphatic carboxylic acids is 1. The van der Waals surface area contributed by atoms with Crippen LogP contribution in [-0.2, 0) is 4.79 Å². The van der Waals surface area contributed by atoms with Crippen LogP contribution in [0.1, 0.15) is 41.6 Å². The molecule has 0 atom stereocenters. The first-order valence-corrected chi connectivity index (χ1v) is 6.01. The standard InChI is InChI=1S/C10H14N2O2S/c1-6-11-12-9(15-6)7-2-4-8(5-3-7)10(13)14/h7-8H,2-5H2,1H3,(H,13,14). The maximum Gasteiger partial charge on any atom is 0.306 e. The Morgan fingerprint density at radius 1 is 1.33 bits per heavy atom. The number of aryl methyl sites for hydroxylation is 1. The van der Waals surface area contributed by atoms with Gasteiger partial charge in [-0.3, -0.25) is 4.79 Å². The highest BCUT2D eigenvalue weighted by Gasteiger charge is 2.28. The Hall–Kier alpha value is -0.970. The molecule has 1 aromatic heterocycles. The second kappa shape index (κ2) is 4.26. The summed E-state index contributed by atoms with van der Waals surface area (Å²) in [5.74, 6) is -0.357. The van der Waals surface area contributed by atoms with Crippen LogP contribution < -0.4 is 0 Å². The quantitative estimate of drug-likeness (QED) is 0.839. The van der Waals surface area contributed by atoms with Gasteiger partial charge in [-0.15, -0.1) is 21.5 Å². The zero-order valence-electron chi connectivity index (χ0n) is 8.64. The molecular formula is C10H14N2O2S. The third kappa shape index (κ3) is 2.34. The third-order valence-electron chi connectivity index (χ3n) is 2.97. The Bertz CT molecular complexity index is 356. The van der Waals surface area contributed by atoms with E-state index in [-0.39, 0.29) is 5.92 Å². The highest BCUT2D eigenvalue weighted by molar-refractivity contribution is 7.11. The number of hydrogen-bond donors (Lipinski definition) is 1. The van der Waals surface area contributed by atoms with Crippen LogP contribution in [0.3, 0.4) is 0 Å². The summed E-state index contributed by atoms with van der Waals surface area (Å²) in [5, 5.41) is 19.1. The minimum Gasteiger partial charge on any atom is -0.481 e. The average Bonchev–Trinajstić information content (AvgIpc) is 2.65. The molecule has 1 N–H and O–H groups in total. The highest BCUT2D eigenvalue weighted by Crippen LogP contribution is 2.36. The molecule has 4 nitrogen and oxygen atoms in total. The van der Waals surface area contributed by atoms with Gasteiger partial charge in [-0.25, -0.2) is 0 Å². The van der Waals surface area contributed by atoms with Gasteiger partial charge in [0.05, 0.1) is 5.92 Å². The summed E-state index contributed by atoms with van der Waals surface area (Å²) in [4.78, 5) is 10.8. The molecule has 0 aromatic carbocycles. The van der Waals surface area contributed by atoms with Crippen molar-refractivity contribution in [3.05, 3.63) is 10.0 Å². The molecule has 1 aliphatic rings. The van der Waals surface area contributed by atoms with Crippen LogP contribution in [0.4, 0.5) is 0 Å². The van der Waals surface area contributed by atoms with Gasteiger partial charge in [0.25, 0.3) is 0 Å². The SMILES string of the molecule is Cc1nnc(C2CCC(C(=O)O)CC2)s1. The van der Waals surface area contributed by atoms with E-state index in [0.29, 0.717) is 5.92 Å².